The predicted molar refractivity (Wildman–Crippen MR) is 74.9 cm³/mol. The van der Waals surface area contributed by atoms with E-state index in [-0.39, 0.29) is 17.6 Å². The summed E-state index contributed by atoms with van der Waals surface area (Å²) in [6.45, 7) is 2.23. The lowest BCUT2D eigenvalue weighted by molar-refractivity contribution is 0.488. The smallest absolute Gasteiger partial charge is 0.214 e. The Hall–Kier alpha value is -0.980. The molecule has 1 rings (SSSR count). The van der Waals surface area contributed by atoms with Crippen LogP contribution < -0.4 is 5.32 Å². The highest BCUT2D eigenvalue weighted by atomic mass is 32.2. The van der Waals surface area contributed by atoms with Gasteiger partial charge in [0.25, 0.3) is 0 Å². The molecule has 108 valence electrons. The Morgan fingerprint density at radius 1 is 1.32 bits per heavy atom. The lowest BCUT2D eigenvalue weighted by atomic mass is 10.0. The molecule has 19 heavy (non-hydrogen) atoms. The summed E-state index contributed by atoms with van der Waals surface area (Å²) in [7, 11) is -0.210. The van der Waals surface area contributed by atoms with Crippen LogP contribution in [0.4, 0.5) is 4.39 Å². The molecule has 0 aromatic heterocycles. The highest BCUT2D eigenvalue weighted by Gasteiger charge is 2.16. The number of hydrogen-bond acceptors (Lipinski definition) is 3. The van der Waals surface area contributed by atoms with Gasteiger partial charge in [0.05, 0.1) is 5.75 Å². The molecule has 0 heterocycles. The van der Waals surface area contributed by atoms with Gasteiger partial charge < -0.3 is 5.32 Å². The number of nitrogens with zero attached hydrogens (tertiary/aromatic N) is 1. The van der Waals surface area contributed by atoms with E-state index in [2.05, 4.69) is 5.32 Å². The molecule has 0 fully saturated rings. The average Bonchev–Trinajstić information content (AvgIpc) is 2.35. The largest absolute Gasteiger partial charge is 0.309 e. The summed E-state index contributed by atoms with van der Waals surface area (Å²) >= 11 is 0. The molecule has 1 atom stereocenters. The molecule has 0 aliphatic rings. The number of nitrogens with one attached hydrogen (secondary N) is 1. The molecule has 0 saturated carbocycles. The number of rotatable bonds is 7. The van der Waals surface area contributed by atoms with Crippen molar-refractivity contribution in [3.63, 3.8) is 0 Å². The molecule has 0 aliphatic heterocycles. The van der Waals surface area contributed by atoms with Crippen molar-refractivity contribution < 1.29 is 12.8 Å². The first kappa shape index (κ1) is 16.1. The minimum atomic E-state index is -3.22. The van der Waals surface area contributed by atoms with Crippen molar-refractivity contribution in [3.05, 3.63) is 35.6 Å². The van der Waals surface area contributed by atoms with Crippen LogP contribution in [0, 0.1) is 5.82 Å². The summed E-state index contributed by atoms with van der Waals surface area (Å²) in [5.74, 6) is -0.261. The first-order valence-electron chi connectivity index (χ1n) is 6.26. The Balaban J connectivity index is 2.63. The van der Waals surface area contributed by atoms with Crippen molar-refractivity contribution in [2.75, 3.05) is 26.4 Å². The van der Waals surface area contributed by atoms with E-state index in [1.54, 1.807) is 18.2 Å². The maximum atomic E-state index is 13.6. The summed E-state index contributed by atoms with van der Waals surface area (Å²) in [6.07, 6.45) is 0.697. The second kappa shape index (κ2) is 6.98. The number of benzene rings is 1. The van der Waals surface area contributed by atoms with Crippen molar-refractivity contribution in [3.8, 4) is 0 Å². The van der Waals surface area contributed by atoms with Crippen LogP contribution in [0.25, 0.3) is 0 Å². The molecule has 0 radical (unpaired) electrons. The van der Waals surface area contributed by atoms with E-state index in [0.717, 1.165) is 0 Å². The van der Waals surface area contributed by atoms with E-state index >= 15 is 0 Å². The van der Waals surface area contributed by atoms with Crippen LogP contribution in [0.2, 0.25) is 0 Å². The SMILES string of the molecule is CCC(NCCS(=O)(=O)N(C)C)c1ccccc1F. The molecule has 0 bridgehead atoms. The molecule has 0 aliphatic carbocycles. The third-order valence-corrected chi connectivity index (χ3v) is 4.83. The van der Waals surface area contributed by atoms with Crippen LogP contribution in [0.5, 0.6) is 0 Å². The van der Waals surface area contributed by atoms with Gasteiger partial charge >= 0.3 is 0 Å². The van der Waals surface area contributed by atoms with Crippen molar-refractivity contribution in [2.45, 2.75) is 19.4 Å². The fourth-order valence-electron chi connectivity index (χ4n) is 1.78. The van der Waals surface area contributed by atoms with Crippen LogP contribution in [0.1, 0.15) is 24.9 Å². The van der Waals surface area contributed by atoms with Crippen LogP contribution in [0.3, 0.4) is 0 Å². The zero-order chi connectivity index (χ0) is 14.5. The van der Waals surface area contributed by atoms with Crippen molar-refractivity contribution in [1.82, 2.24) is 9.62 Å². The van der Waals surface area contributed by atoms with Crippen molar-refractivity contribution >= 4 is 10.0 Å². The third-order valence-electron chi connectivity index (χ3n) is 3.00. The van der Waals surface area contributed by atoms with Crippen molar-refractivity contribution in [2.24, 2.45) is 0 Å². The molecule has 0 spiro atoms. The normalized spacial score (nSPS) is 13.7. The van der Waals surface area contributed by atoms with E-state index in [0.29, 0.717) is 18.5 Å². The Labute approximate surface area is 114 Å². The number of hydrogen-bond donors (Lipinski definition) is 1. The Bertz CT molecular complexity index is 503. The van der Waals surface area contributed by atoms with Crippen molar-refractivity contribution in [1.29, 1.82) is 0 Å². The summed E-state index contributed by atoms with van der Waals surface area (Å²) in [5.41, 5.74) is 0.576. The molecule has 1 aromatic rings. The summed E-state index contributed by atoms with van der Waals surface area (Å²) < 4.78 is 38.1. The lowest BCUT2D eigenvalue weighted by Crippen LogP contribution is -2.33. The molecule has 0 saturated heterocycles. The zero-order valence-corrected chi connectivity index (χ0v) is 12.4. The molecule has 0 amide bonds. The minimum Gasteiger partial charge on any atom is -0.309 e. The van der Waals surface area contributed by atoms with Crippen LogP contribution >= 0.6 is 0 Å². The van der Waals surface area contributed by atoms with Gasteiger partial charge in [0.15, 0.2) is 0 Å². The molecular formula is C13H21FN2O2S. The van der Waals surface area contributed by atoms with Gasteiger partial charge in [-0.2, -0.15) is 0 Å². The highest BCUT2D eigenvalue weighted by molar-refractivity contribution is 7.89. The quantitative estimate of drug-likeness (QED) is 0.831. The fourth-order valence-corrected chi connectivity index (χ4v) is 2.52. The molecule has 1 unspecified atom stereocenters. The number of sulfonamides is 1. The second-order valence-electron chi connectivity index (χ2n) is 4.53. The van der Waals surface area contributed by atoms with Gasteiger partial charge in [0, 0.05) is 32.2 Å². The molecular weight excluding hydrogens is 267 g/mol. The van der Waals surface area contributed by atoms with Crippen LogP contribution in [0.15, 0.2) is 24.3 Å². The molecule has 6 heteroatoms. The summed E-state index contributed by atoms with van der Waals surface area (Å²) in [5, 5.41) is 3.09. The number of halogens is 1. The second-order valence-corrected chi connectivity index (χ2v) is 6.84. The topological polar surface area (TPSA) is 49.4 Å². The molecule has 4 nitrogen and oxygen atoms in total. The fraction of sp³-hybridized carbons (Fsp3) is 0.538. The van der Waals surface area contributed by atoms with Crippen LogP contribution in [-0.4, -0.2) is 39.1 Å². The summed E-state index contributed by atoms with van der Waals surface area (Å²) in [4.78, 5) is 0. The average molecular weight is 288 g/mol. The lowest BCUT2D eigenvalue weighted by Gasteiger charge is -2.19. The Kier molecular flexibility index (Phi) is 5.90. The first-order chi connectivity index (χ1) is 8.88. The van der Waals surface area contributed by atoms with Gasteiger partial charge in [0.1, 0.15) is 5.82 Å². The summed E-state index contributed by atoms with van der Waals surface area (Å²) in [6, 6.07) is 6.38. The van der Waals surface area contributed by atoms with E-state index in [9.17, 15) is 12.8 Å². The van der Waals surface area contributed by atoms with Crippen LogP contribution in [-0.2, 0) is 10.0 Å². The van der Waals surface area contributed by atoms with Gasteiger partial charge in [-0.3, -0.25) is 0 Å². The predicted octanol–water partition coefficient (Wildman–Crippen LogP) is 1.76. The first-order valence-corrected chi connectivity index (χ1v) is 7.87. The maximum Gasteiger partial charge on any atom is 0.214 e. The molecule has 1 aromatic carbocycles. The standard InChI is InChI=1S/C13H21FN2O2S/c1-4-13(11-7-5-6-8-12(11)14)15-9-10-19(17,18)16(2)3/h5-8,13,15H,4,9-10H2,1-3H3. The van der Waals surface area contributed by atoms with Gasteiger partial charge in [-0.25, -0.2) is 17.1 Å². The highest BCUT2D eigenvalue weighted by Crippen LogP contribution is 2.19. The monoisotopic (exact) mass is 288 g/mol. The molecule has 1 N–H and O–H groups in total. The van der Waals surface area contributed by atoms with E-state index in [1.807, 2.05) is 6.92 Å². The third kappa shape index (κ3) is 4.56. The van der Waals surface area contributed by atoms with Gasteiger partial charge in [-0.1, -0.05) is 25.1 Å². The van der Waals surface area contributed by atoms with E-state index in [4.69, 9.17) is 0 Å². The maximum absolute atomic E-state index is 13.6. The zero-order valence-electron chi connectivity index (χ0n) is 11.6. The Morgan fingerprint density at radius 3 is 2.47 bits per heavy atom. The van der Waals surface area contributed by atoms with Gasteiger partial charge in [-0.15, -0.1) is 0 Å². The van der Waals surface area contributed by atoms with Gasteiger partial charge in [-0.05, 0) is 12.5 Å². The minimum absolute atomic E-state index is 0.00491. The van der Waals surface area contributed by atoms with E-state index < -0.39 is 10.0 Å². The Morgan fingerprint density at radius 2 is 1.95 bits per heavy atom. The van der Waals surface area contributed by atoms with Gasteiger partial charge in [0.2, 0.25) is 10.0 Å². The van der Waals surface area contributed by atoms with E-state index in [1.165, 1.54) is 24.5 Å².